The zero-order valence-electron chi connectivity index (χ0n) is 78.0. The highest BCUT2D eigenvalue weighted by Gasteiger charge is 2.26. The average molecular weight is 1820 g/mol. The lowest BCUT2D eigenvalue weighted by Crippen LogP contribution is -2.36. The van der Waals surface area contributed by atoms with E-state index in [-0.39, 0.29) is 51.2 Å². The van der Waals surface area contributed by atoms with Crippen molar-refractivity contribution in [2.75, 3.05) is 198 Å². The van der Waals surface area contributed by atoms with Gasteiger partial charge in [-0.25, -0.2) is 47.5 Å². The van der Waals surface area contributed by atoms with E-state index in [0.29, 0.717) is 91.7 Å². The first kappa shape index (κ1) is 98.2. The maximum atomic E-state index is 12.2. The minimum Gasteiger partial charge on any atom is -0.506 e. The molecule has 132 heavy (non-hydrogen) atoms. The number of aliphatic hydroxyl groups excluding tert-OH is 3. The van der Waals surface area contributed by atoms with Gasteiger partial charge in [0.25, 0.3) is 0 Å². The number of fused-ring (bicyclic) bond motifs is 5. The lowest BCUT2D eigenvalue weighted by atomic mass is 10.0. The van der Waals surface area contributed by atoms with Crippen molar-refractivity contribution in [3.05, 3.63) is 240 Å². The number of rotatable bonds is 30. The molecule has 0 aliphatic heterocycles. The van der Waals surface area contributed by atoms with Crippen LogP contribution < -0.4 is 38.1 Å². The Morgan fingerprint density at radius 1 is 0.333 bits per heavy atom. The molecule has 5 aliphatic rings. The van der Waals surface area contributed by atoms with E-state index in [9.17, 15) is 39.3 Å². The molecule has 0 radical (unpaired) electrons. The van der Waals surface area contributed by atoms with Crippen molar-refractivity contribution in [2.24, 2.45) is 36.4 Å². The van der Waals surface area contributed by atoms with Crippen LogP contribution in [0.2, 0.25) is 0 Å². The number of allylic oxidation sites excluding steroid dienone is 15. The number of pyridine rings is 5. The number of hydrogen-bond acceptors (Lipinski definition) is 25. The van der Waals surface area contributed by atoms with Gasteiger partial charge in [-0.2, -0.15) is 0 Å². The summed E-state index contributed by atoms with van der Waals surface area (Å²) in [4.78, 5) is 81.7. The van der Waals surface area contributed by atoms with Crippen LogP contribution in [0.1, 0.15) is 39.0 Å². The largest absolute Gasteiger partial charge is 0.506 e. The summed E-state index contributed by atoms with van der Waals surface area (Å²) < 4.78 is 13.3. The van der Waals surface area contributed by atoms with Crippen LogP contribution in [0.25, 0.3) is 27.6 Å². The number of anilines is 5. The van der Waals surface area contributed by atoms with Gasteiger partial charge in [-0.05, 0) is 122 Å². The van der Waals surface area contributed by atoms with Crippen molar-refractivity contribution in [3.63, 3.8) is 0 Å². The van der Waals surface area contributed by atoms with Crippen molar-refractivity contribution >= 4 is 154 Å². The molecule has 10 aromatic heterocycles. The molecular formula is C96H123ClN27O8+5. The van der Waals surface area contributed by atoms with Gasteiger partial charge in [-0.3, -0.25) is 24.0 Å². The molecule has 0 unspecified atom stereocenters. The molecule has 10 aromatic rings. The van der Waals surface area contributed by atoms with Crippen LogP contribution in [-0.2, 0) is 24.0 Å². The van der Waals surface area contributed by atoms with Crippen LogP contribution in [0, 0.1) is 0 Å². The molecule has 5 aliphatic carbocycles. The van der Waals surface area contributed by atoms with Gasteiger partial charge in [-0.15, -0.1) is 25.5 Å². The number of aliphatic hydroxyl groups is 3. The van der Waals surface area contributed by atoms with Crippen LogP contribution >= 0.6 is 11.6 Å². The number of quaternary nitrogens is 5. The Morgan fingerprint density at radius 2 is 0.629 bits per heavy atom. The number of carbonyl (C=O) groups excluding carboxylic acids is 5. The Balaban J connectivity index is 0.000000159. The fourth-order valence-corrected chi connectivity index (χ4v) is 13.9. The minimum atomic E-state index is -0.400. The van der Waals surface area contributed by atoms with E-state index in [4.69, 9.17) is 23.1 Å². The Kier molecular flexibility index (Phi) is 32.3. The first-order valence-electron chi connectivity index (χ1n) is 43.5. The summed E-state index contributed by atoms with van der Waals surface area (Å²) in [6, 6.07) is 28.7. The fraction of sp³-hybridized carbons (Fsp3) is 0.323. The summed E-state index contributed by atoms with van der Waals surface area (Å²) in [5.74, 6) is 1.65. The van der Waals surface area contributed by atoms with Crippen molar-refractivity contribution in [1.82, 2.24) is 48.1 Å². The molecule has 0 bridgehead atoms. The zero-order valence-corrected chi connectivity index (χ0v) is 78.8. The van der Waals surface area contributed by atoms with Crippen molar-refractivity contribution < 1.29 is 61.7 Å². The fourth-order valence-electron chi connectivity index (χ4n) is 13.7. The normalized spacial score (nSPS) is 16.4. The first-order chi connectivity index (χ1) is 62.5. The number of aromatic nitrogens is 10. The summed E-state index contributed by atoms with van der Waals surface area (Å²) in [6.07, 6.45) is 33.0. The van der Waals surface area contributed by atoms with Gasteiger partial charge in [0.1, 0.15) is 68.6 Å². The number of carbonyl (C=O) groups is 5. The number of halogens is 1. The second-order valence-corrected chi connectivity index (χ2v) is 37.5. The molecule has 35 nitrogen and oxygen atoms in total. The van der Waals surface area contributed by atoms with E-state index in [2.05, 4.69) is 183 Å². The molecule has 692 valence electrons. The van der Waals surface area contributed by atoms with E-state index in [0.717, 1.165) is 159 Å². The Morgan fingerprint density at radius 3 is 0.962 bits per heavy atom. The molecule has 15 rings (SSSR count). The Hall–Kier alpha value is -14.4. The third-order valence-electron chi connectivity index (χ3n) is 20.5. The van der Waals surface area contributed by atoms with Gasteiger partial charge >= 0.3 is 0 Å². The summed E-state index contributed by atoms with van der Waals surface area (Å²) in [5, 5.41) is 69.6. The molecule has 36 heteroatoms. The Labute approximate surface area is 773 Å². The van der Waals surface area contributed by atoms with E-state index >= 15 is 0 Å². The van der Waals surface area contributed by atoms with Gasteiger partial charge in [0.05, 0.1) is 182 Å². The predicted octanol–water partition coefficient (Wildman–Crippen LogP) is 12.2. The van der Waals surface area contributed by atoms with E-state index in [1.165, 1.54) is 54.7 Å². The SMILES string of the molecule is CC1=C(O)C(=Nc2c(NCCC[N+](C)(C)C)nn3ccccc23)C=CC1=O.C[N+](C)(C)CCCNc1nn2ccccc2c1N=C1C=C(Cl)C(O)=CC1=O.C[N+](C)(C)CCCNc1nn2ccccc2c1N=C1C=CC(=O)C=C1N.C[N+](C)(C)CCCNc1nn2ccccc2c1N=C1C=CC(=O)C=C1O.C[N+](C)(C)CCCNc1nn2ccccc2c1N=C1C=CC(N)=CC1=O. The summed E-state index contributed by atoms with van der Waals surface area (Å²) in [7, 11) is 32.5. The number of nitrogens with zero attached hydrogens (tertiary/aromatic N) is 20. The molecule has 0 amide bonds. The highest BCUT2D eigenvalue weighted by Crippen LogP contribution is 2.37. The lowest BCUT2D eigenvalue weighted by molar-refractivity contribution is -0.870. The summed E-state index contributed by atoms with van der Waals surface area (Å²) in [5.41, 5.74) is 21.9. The van der Waals surface area contributed by atoms with Crippen LogP contribution in [0.4, 0.5) is 57.5 Å². The van der Waals surface area contributed by atoms with Crippen LogP contribution in [0.3, 0.4) is 0 Å². The number of aliphatic imine (C=N–C) groups is 5. The van der Waals surface area contributed by atoms with Crippen LogP contribution in [0.15, 0.2) is 265 Å². The quantitative estimate of drug-likeness (QED) is 0.00865. The van der Waals surface area contributed by atoms with Gasteiger partial charge in [0.2, 0.25) is 11.6 Å². The zero-order chi connectivity index (χ0) is 95.4. The van der Waals surface area contributed by atoms with E-state index in [1.807, 2.05) is 122 Å². The Bertz CT molecular complexity index is 6310. The molecule has 12 N–H and O–H groups in total. The molecule has 10 heterocycles. The third kappa shape index (κ3) is 28.1. The molecule has 0 aromatic carbocycles. The summed E-state index contributed by atoms with van der Waals surface area (Å²) in [6.45, 7) is 10.7. The smallest absolute Gasteiger partial charge is 0.207 e. The third-order valence-corrected chi connectivity index (χ3v) is 20.8. The second kappa shape index (κ2) is 43.4. The number of nitrogens with one attached hydrogen (secondary N) is 5. The number of hydrogen-bond donors (Lipinski definition) is 10. The number of nitrogens with two attached hydrogens (primary N) is 2. The van der Waals surface area contributed by atoms with E-state index < -0.39 is 5.78 Å². The molecule has 0 saturated heterocycles. The van der Waals surface area contributed by atoms with Gasteiger partial charge in [0.15, 0.2) is 46.4 Å². The molecular weight excluding hydrogens is 1690 g/mol. The molecule has 0 saturated carbocycles. The highest BCUT2D eigenvalue weighted by atomic mass is 35.5. The lowest BCUT2D eigenvalue weighted by Gasteiger charge is -2.23. The predicted molar refractivity (Wildman–Crippen MR) is 528 cm³/mol. The van der Waals surface area contributed by atoms with Crippen molar-refractivity contribution in [1.29, 1.82) is 0 Å². The monoisotopic (exact) mass is 1820 g/mol. The van der Waals surface area contributed by atoms with Gasteiger partial charge in [-0.1, -0.05) is 41.9 Å². The summed E-state index contributed by atoms with van der Waals surface area (Å²) >= 11 is 5.94. The van der Waals surface area contributed by atoms with Crippen LogP contribution in [0.5, 0.6) is 0 Å². The first-order valence-corrected chi connectivity index (χ1v) is 43.9. The maximum Gasteiger partial charge on any atom is 0.207 e. The van der Waals surface area contributed by atoms with Crippen LogP contribution in [-0.4, -0.2) is 314 Å². The van der Waals surface area contributed by atoms with E-state index in [1.54, 1.807) is 47.7 Å². The molecule has 0 fully saturated rings. The molecule has 0 spiro atoms. The maximum absolute atomic E-state index is 12.2. The average Bonchev–Trinajstić information content (AvgIpc) is 1.66. The topological polar surface area (TPSA) is 407 Å². The van der Waals surface area contributed by atoms with Crippen molar-refractivity contribution in [3.8, 4) is 0 Å². The van der Waals surface area contributed by atoms with Gasteiger partial charge < -0.3 is 75.8 Å². The second-order valence-electron chi connectivity index (χ2n) is 37.1. The highest BCUT2D eigenvalue weighted by molar-refractivity contribution is 6.52. The number of ketones is 5. The minimum absolute atomic E-state index is 0.0854. The van der Waals surface area contributed by atoms with Crippen molar-refractivity contribution in [2.45, 2.75) is 39.0 Å². The molecule has 0 atom stereocenters. The van der Waals surface area contributed by atoms with Gasteiger partial charge in [0, 0.05) is 131 Å². The standard InChI is InChI=1S/C20H25N5O2.C19H22ClN5O2.2C19H24N6O.C19H23N5O2/c1-14-17(26)10-9-15(19(14)27)22-18-16-8-5-6-12-24(16)23-20(18)21-11-7-13-25(2,3)4;1-25(2,3)10-6-8-21-19-18(15-7-4-5-9-24(15)23-19)22-14-11-13(20)16(26)12-17(14)27;1-25(2,3)12-6-10-21-19-18(17-7-4-5-11-24(17)23-19)22-16-9-8-14(26)13-15(16)20;1-25(2,3)12-6-10-21-19-18(16-7-4-5-11-24(16)23-19)22-15-9-8-14(20)13-17(15)26;1-24(2,3)12-6-10-20-19-18(16-7-4-5-11-23(16)22-19)21-15-9-8-14(25)13-17(15)26/h5-6,8-10,12H,7,11,13H2,1-4H3,(H-,21,23,26,27);4-5,7,9,11-12H,6,8,10H2,1-3H3,(H-,21,23,26,27);2*4-5,7-9,11,13H,6,10,12H2,1-3H3,(H2-,20,21,23,26);4-5,7-9,11,13H,6,10,12H2,1-3H3,(H-,20,22,25,26)/p+5.